The molecule has 1 saturated heterocycles. The standard InChI is InChI=1S/C15H15Cl2NOS.C8H15N.C5H9NO.2C2H6.CH4O.CH2O/c1-2-10-8-11(6-7-15(10)18)20(19)9-12-13(16)4-3-5-14(12)17;1-5-6-7(2)8(3)9-4;7-5-6-3-1-2-4-6;4*1-2/h3-8H,2,9,18H2,1H3;5-6,9H,1-4H3;5H,1-4H2;2*1-2H3;2H,1H3;1H2/b;6-5+,8-7-;;;;;. The maximum atomic E-state index is 12.5. The topological polar surface area (TPSA) is 113 Å². The predicted octanol–water partition coefficient (Wildman–Crippen LogP) is 8.24. The number of aliphatic hydroxyl groups excluding tert-OH is 1. The fraction of sp³-hybridized carbons (Fsp3) is 0.471. The monoisotopic (exact) mass is 673 g/mol. The molecule has 1 aliphatic rings. The van der Waals surface area contributed by atoms with E-state index in [1.165, 1.54) is 24.1 Å². The van der Waals surface area contributed by atoms with E-state index in [0.29, 0.717) is 21.4 Å². The molecule has 0 bridgehead atoms. The number of rotatable bonds is 7. The number of nitrogens with zero attached hydrogens (tertiary/aromatic N) is 1. The Labute approximate surface area is 280 Å². The first-order valence-corrected chi connectivity index (χ1v) is 16.9. The number of benzene rings is 2. The summed E-state index contributed by atoms with van der Waals surface area (Å²) in [6, 6.07) is 10.7. The molecule has 1 aliphatic heterocycles. The SMILES string of the molecule is C/C=C/C(C)=C(/C)NC.C=O.CC.CC.CCc1cc(S(=O)Cc2c(Cl)cccc2Cl)ccc1N.CO.O=CN1CCCC1. The van der Waals surface area contributed by atoms with Crippen molar-refractivity contribution in [1.29, 1.82) is 0 Å². The van der Waals surface area contributed by atoms with Crippen molar-refractivity contribution in [2.24, 2.45) is 0 Å². The summed E-state index contributed by atoms with van der Waals surface area (Å²) >= 11 is 12.2. The van der Waals surface area contributed by atoms with Crippen LogP contribution in [0.2, 0.25) is 10.0 Å². The Morgan fingerprint density at radius 3 is 1.93 bits per heavy atom. The summed E-state index contributed by atoms with van der Waals surface area (Å²) in [5, 5.41) is 11.2. The van der Waals surface area contributed by atoms with Crippen LogP contribution in [0.4, 0.5) is 5.69 Å². The number of hydrogen-bond acceptors (Lipinski definition) is 6. The summed E-state index contributed by atoms with van der Waals surface area (Å²) in [6.07, 6.45) is 8.25. The van der Waals surface area contributed by atoms with Crippen LogP contribution < -0.4 is 11.1 Å². The van der Waals surface area contributed by atoms with Gasteiger partial charge in [0.05, 0.1) is 16.6 Å². The van der Waals surface area contributed by atoms with Crippen LogP contribution in [0, 0.1) is 0 Å². The average molecular weight is 675 g/mol. The van der Waals surface area contributed by atoms with E-state index in [-0.39, 0.29) is 0 Å². The molecule has 1 heterocycles. The molecular weight excluding hydrogens is 617 g/mol. The Hall–Kier alpha value is -2.65. The first kappa shape index (κ1) is 48.3. The zero-order valence-corrected chi connectivity index (χ0v) is 30.8. The van der Waals surface area contributed by atoms with Gasteiger partial charge in [-0.15, -0.1) is 0 Å². The third-order valence-corrected chi connectivity index (χ3v) is 7.81. The highest BCUT2D eigenvalue weighted by Crippen LogP contribution is 2.28. The van der Waals surface area contributed by atoms with Crippen LogP contribution in [0.1, 0.15) is 79.4 Å². The summed E-state index contributed by atoms with van der Waals surface area (Å²) < 4.78 is 12.5. The second-order valence-corrected chi connectivity index (χ2v) is 10.6. The van der Waals surface area contributed by atoms with E-state index in [0.717, 1.165) is 49.2 Å². The summed E-state index contributed by atoms with van der Waals surface area (Å²) in [7, 11) is 1.73. The third-order valence-electron chi connectivity index (χ3n) is 5.77. The molecule has 0 aromatic heterocycles. The predicted molar refractivity (Wildman–Crippen MR) is 194 cm³/mol. The van der Waals surface area contributed by atoms with Crippen molar-refractivity contribution in [3.63, 3.8) is 0 Å². The zero-order valence-electron chi connectivity index (χ0n) is 28.5. The number of allylic oxidation sites excluding steroid dienone is 4. The van der Waals surface area contributed by atoms with Gasteiger partial charge in [-0.2, -0.15) is 0 Å². The number of nitrogen functional groups attached to an aromatic ring is 1. The molecule has 2 aromatic rings. The molecular formula is C34H57Cl2N3O4S. The van der Waals surface area contributed by atoms with Gasteiger partial charge in [-0.3, -0.25) is 9.00 Å². The molecule has 0 radical (unpaired) electrons. The summed E-state index contributed by atoms with van der Waals surface area (Å²) in [5.74, 6) is 0.297. The van der Waals surface area contributed by atoms with Crippen LogP contribution >= 0.6 is 23.2 Å². The highest BCUT2D eigenvalue weighted by atomic mass is 35.5. The number of halogens is 2. The van der Waals surface area contributed by atoms with Crippen molar-refractivity contribution >= 4 is 52.9 Å². The Balaban J connectivity index is -0.000000278. The minimum absolute atomic E-state index is 0.297. The lowest BCUT2D eigenvalue weighted by Gasteiger charge is -2.09. The molecule has 252 valence electrons. The van der Waals surface area contributed by atoms with E-state index in [1.807, 2.05) is 67.5 Å². The highest BCUT2D eigenvalue weighted by Gasteiger charge is 2.12. The maximum Gasteiger partial charge on any atom is 0.209 e. The van der Waals surface area contributed by atoms with E-state index in [1.54, 1.807) is 35.2 Å². The van der Waals surface area contributed by atoms with Crippen molar-refractivity contribution in [2.45, 2.75) is 85.3 Å². The Kier molecular flexibility index (Phi) is 36.5. The van der Waals surface area contributed by atoms with E-state index < -0.39 is 10.8 Å². The number of aryl methyl sites for hydroxylation is 1. The molecule has 0 spiro atoms. The Bertz CT molecular complexity index is 1070. The second-order valence-electron chi connectivity index (χ2n) is 8.31. The lowest BCUT2D eigenvalue weighted by Crippen LogP contribution is -2.15. The summed E-state index contributed by atoms with van der Waals surface area (Å²) in [4.78, 5) is 20.5. The van der Waals surface area contributed by atoms with Crippen LogP contribution in [0.15, 0.2) is 64.7 Å². The molecule has 10 heteroatoms. The van der Waals surface area contributed by atoms with Crippen LogP contribution in [0.5, 0.6) is 0 Å². The highest BCUT2D eigenvalue weighted by molar-refractivity contribution is 7.84. The van der Waals surface area contributed by atoms with Gasteiger partial charge < -0.3 is 25.9 Å². The van der Waals surface area contributed by atoms with Gasteiger partial charge in [0, 0.05) is 59.1 Å². The van der Waals surface area contributed by atoms with Crippen LogP contribution in [0.25, 0.3) is 0 Å². The zero-order chi connectivity index (χ0) is 35.1. The maximum absolute atomic E-state index is 12.5. The number of hydrogen-bond donors (Lipinski definition) is 3. The number of carbonyl (C=O) groups excluding carboxylic acids is 2. The Morgan fingerprint density at radius 2 is 1.55 bits per heavy atom. The molecule has 0 saturated carbocycles. The second kappa shape index (κ2) is 33.2. The third kappa shape index (κ3) is 21.1. The Morgan fingerprint density at radius 1 is 1.05 bits per heavy atom. The summed E-state index contributed by atoms with van der Waals surface area (Å²) in [6.45, 7) is 20.1. The first-order valence-electron chi connectivity index (χ1n) is 14.8. The number of anilines is 1. The fourth-order valence-corrected chi connectivity index (χ4v) is 5.26. The van der Waals surface area contributed by atoms with E-state index in [4.69, 9.17) is 38.8 Å². The van der Waals surface area contributed by atoms with Crippen LogP contribution in [0.3, 0.4) is 0 Å². The van der Waals surface area contributed by atoms with Gasteiger partial charge >= 0.3 is 0 Å². The fourth-order valence-electron chi connectivity index (χ4n) is 3.33. The van der Waals surface area contributed by atoms with Crippen molar-refractivity contribution in [1.82, 2.24) is 10.2 Å². The first-order chi connectivity index (χ1) is 21.2. The van der Waals surface area contributed by atoms with Gasteiger partial charge in [0.1, 0.15) is 6.79 Å². The van der Waals surface area contributed by atoms with Crippen molar-refractivity contribution in [3.05, 3.63) is 81.0 Å². The minimum atomic E-state index is -1.20. The van der Waals surface area contributed by atoms with Crippen molar-refractivity contribution in [2.75, 3.05) is 33.0 Å². The molecule has 1 amide bonds. The molecule has 2 aromatic carbocycles. The number of aliphatic hydroxyl groups is 1. The quantitative estimate of drug-likeness (QED) is 0.155. The van der Waals surface area contributed by atoms with Crippen molar-refractivity contribution < 1.29 is 18.9 Å². The number of amides is 1. The van der Waals surface area contributed by atoms with Crippen LogP contribution in [-0.2, 0) is 32.6 Å². The molecule has 3 rings (SSSR count). The van der Waals surface area contributed by atoms with Gasteiger partial charge in [-0.25, -0.2) is 0 Å². The lowest BCUT2D eigenvalue weighted by atomic mass is 10.1. The van der Waals surface area contributed by atoms with Crippen molar-refractivity contribution in [3.8, 4) is 0 Å². The van der Waals surface area contributed by atoms with Gasteiger partial charge in [-0.1, -0.05) is 76.0 Å². The van der Waals surface area contributed by atoms with Crippen LogP contribution in [-0.4, -0.2) is 54.7 Å². The van der Waals surface area contributed by atoms with Gasteiger partial charge in [0.25, 0.3) is 0 Å². The van der Waals surface area contributed by atoms with Gasteiger partial charge in [-0.05, 0) is 81.5 Å². The molecule has 44 heavy (non-hydrogen) atoms. The normalized spacial score (nSPS) is 12.2. The molecule has 1 fully saturated rings. The number of nitrogens with two attached hydrogens (primary N) is 1. The van der Waals surface area contributed by atoms with E-state index in [2.05, 4.69) is 25.2 Å². The smallest absolute Gasteiger partial charge is 0.209 e. The number of nitrogens with one attached hydrogen (secondary N) is 1. The number of likely N-dealkylation sites (tertiary alicyclic amines) is 1. The van der Waals surface area contributed by atoms with E-state index in [9.17, 15) is 9.00 Å². The summed E-state index contributed by atoms with van der Waals surface area (Å²) in [5.41, 5.74) is 10.8. The molecule has 1 unspecified atom stereocenters. The molecule has 1 atom stereocenters. The van der Waals surface area contributed by atoms with Gasteiger partial charge in [0.15, 0.2) is 0 Å². The largest absolute Gasteiger partial charge is 0.400 e. The van der Waals surface area contributed by atoms with Gasteiger partial charge in [0.2, 0.25) is 6.41 Å². The minimum Gasteiger partial charge on any atom is -0.400 e. The average Bonchev–Trinajstić information content (AvgIpc) is 3.61. The molecule has 0 aliphatic carbocycles. The number of carbonyl (C=O) groups is 2. The lowest BCUT2D eigenvalue weighted by molar-refractivity contribution is -0.117. The van der Waals surface area contributed by atoms with E-state index >= 15 is 0 Å². The molecule has 4 N–H and O–H groups in total. The molecule has 7 nitrogen and oxygen atoms in total.